The second-order valence-electron chi connectivity index (χ2n) is 9.34. The molecule has 2 unspecified atom stereocenters. The summed E-state index contributed by atoms with van der Waals surface area (Å²) in [5, 5.41) is 0. The van der Waals surface area contributed by atoms with E-state index in [0.29, 0.717) is 17.4 Å². The molecule has 0 spiro atoms. The summed E-state index contributed by atoms with van der Waals surface area (Å²) in [6.45, 7) is 3.75. The molecule has 0 aromatic heterocycles. The van der Waals surface area contributed by atoms with E-state index in [0.717, 1.165) is 12.8 Å². The molecule has 0 aliphatic rings. The predicted molar refractivity (Wildman–Crippen MR) is 128 cm³/mol. The molecule has 0 bridgehead atoms. The molecule has 0 aliphatic heterocycles. The highest BCUT2D eigenvalue weighted by Gasteiger charge is 2.26. The third-order valence-corrected chi connectivity index (χ3v) is 5.93. The predicted octanol–water partition coefficient (Wildman–Crippen LogP) is 4.61. The molecule has 0 saturated carbocycles. The van der Waals surface area contributed by atoms with Gasteiger partial charge in [0.1, 0.15) is 19.8 Å². The minimum absolute atomic E-state index is 0.0329. The van der Waals surface area contributed by atoms with Crippen LogP contribution in [0.15, 0.2) is 0 Å². The first-order chi connectivity index (χ1) is 15.5. The van der Waals surface area contributed by atoms with Crippen LogP contribution in [-0.2, 0) is 32.7 Å². The standard InChI is InChI=1S/C23H46NO8P/c1-6-8-9-10-11-12-13-14-15-16-23(26)32-21(19-29-22(25)7-2)20-31-33(27,28)30-18-17-24(3,4)5/h21H,6-20H2,1-5H3/p+1. The average Bonchev–Trinajstić information content (AvgIpc) is 2.73. The number of carbonyl (C=O) groups excluding carboxylic acids is 2. The Hall–Kier alpha value is -0.990. The van der Waals surface area contributed by atoms with Crippen LogP contribution in [0.25, 0.3) is 0 Å². The summed E-state index contributed by atoms with van der Waals surface area (Å²) < 4.78 is 33.0. The van der Waals surface area contributed by atoms with E-state index in [1.54, 1.807) is 6.92 Å². The van der Waals surface area contributed by atoms with Gasteiger partial charge in [-0.1, -0.05) is 65.2 Å². The van der Waals surface area contributed by atoms with Gasteiger partial charge in [0, 0.05) is 12.8 Å². The zero-order valence-corrected chi connectivity index (χ0v) is 22.3. The summed E-state index contributed by atoms with van der Waals surface area (Å²) in [4.78, 5) is 33.5. The van der Waals surface area contributed by atoms with Crippen molar-refractivity contribution in [3.05, 3.63) is 0 Å². The van der Waals surface area contributed by atoms with Gasteiger partial charge in [-0.3, -0.25) is 18.6 Å². The first kappa shape index (κ1) is 32.0. The fraction of sp³-hybridized carbons (Fsp3) is 0.913. The fourth-order valence-electron chi connectivity index (χ4n) is 2.87. The maximum Gasteiger partial charge on any atom is 0.472 e. The minimum Gasteiger partial charge on any atom is -0.462 e. The Morgan fingerprint density at radius 3 is 1.97 bits per heavy atom. The number of nitrogens with zero attached hydrogens (tertiary/aromatic N) is 1. The van der Waals surface area contributed by atoms with Gasteiger partial charge < -0.3 is 18.9 Å². The quantitative estimate of drug-likeness (QED) is 0.106. The summed E-state index contributed by atoms with van der Waals surface area (Å²) in [6, 6.07) is 0. The van der Waals surface area contributed by atoms with Crippen LogP contribution >= 0.6 is 7.82 Å². The van der Waals surface area contributed by atoms with Crippen molar-refractivity contribution < 1.29 is 42.1 Å². The zero-order chi connectivity index (χ0) is 25.2. The number of phosphoric acid groups is 1. The topological polar surface area (TPSA) is 108 Å². The van der Waals surface area contributed by atoms with E-state index in [-0.39, 0.29) is 26.1 Å². The molecule has 0 rings (SSSR count). The lowest BCUT2D eigenvalue weighted by Crippen LogP contribution is -2.37. The molecule has 196 valence electrons. The SMILES string of the molecule is CCCCCCCCCCCC(=O)OC(COC(=O)CC)COP(=O)(O)OCC[N+](C)(C)C. The first-order valence-corrected chi connectivity index (χ1v) is 13.8. The van der Waals surface area contributed by atoms with Crippen LogP contribution in [0, 0.1) is 0 Å². The normalized spacial score (nSPS) is 14.5. The van der Waals surface area contributed by atoms with Gasteiger partial charge in [-0.25, -0.2) is 4.57 Å². The number of quaternary nitrogens is 1. The number of esters is 2. The summed E-state index contributed by atoms with van der Waals surface area (Å²) in [6.07, 6.45) is 9.66. The maximum atomic E-state index is 12.2. The van der Waals surface area contributed by atoms with E-state index in [1.807, 2.05) is 21.1 Å². The van der Waals surface area contributed by atoms with Crippen molar-refractivity contribution in [1.82, 2.24) is 0 Å². The van der Waals surface area contributed by atoms with Gasteiger partial charge in [0.25, 0.3) is 0 Å². The van der Waals surface area contributed by atoms with Crippen LogP contribution in [0.5, 0.6) is 0 Å². The molecule has 0 saturated heterocycles. The third-order valence-electron chi connectivity index (χ3n) is 4.94. The average molecular weight is 497 g/mol. The molecule has 0 heterocycles. The van der Waals surface area contributed by atoms with Crippen molar-refractivity contribution >= 4 is 19.8 Å². The van der Waals surface area contributed by atoms with Crippen LogP contribution in [0.2, 0.25) is 0 Å². The van der Waals surface area contributed by atoms with Crippen molar-refractivity contribution in [2.45, 2.75) is 90.6 Å². The Labute approximate surface area is 200 Å². The Morgan fingerprint density at radius 1 is 0.848 bits per heavy atom. The van der Waals surface area contributed by atoms with Gasteiger partial charge in [-0.15, -0.1) is 0 Å². The highest BCUT2D eigenvalue weighted by atomic mass is 31.2. The number of rotatable bonds is 21. The highest BCUT2D eigenvalue weighted by Crippen LogP contribution is 2.43. The molecule has 33 heavy (non-hydrogen) atoms. The Bertz CT molecular complexity index is 579. The number of hydrogen-bond donors (Lipinski definition) is 1. The third kappa shape index (κ3) is 21.3. The van der Waals surface area contributed by atoms with Crippen molar-refractivity contribution in [2.75, 3.05) is 47.5 Å². The van der Waals surface area contributed by atoms with Crippen LogP contribution in [0.3, 0.4) is 0 Å². The molecule has 10 heteroatoms. The fourth-order valence-corrected chi connectivity index (χ4v) is 3.62. The van der Waals surface area contributed by atoms with Gasteiger partial charge in [0.2, 0.25) is 0 Å². The highest BCUT2D eigenvalue weighted by molar-refractivity contribution is 7.47. The van der Waals surface area contributed by atoms with E-state index in [2.05, 4.69) is 6.92 Å². The monoisotopic (exact) mass is 496 g/mol. The number of likely N-dealkylation sites (N-methyl/N-ethyl adjacent to an activating group) is 1. The molecule has 1 N–H and O–H groups in total. The molecule has 2 atom stereocenters. The van der Waals surface area contributed by atoms with Crippen molar-refractivity contribution in [3.63, 3.8) is 0 Å². The second-order valence-corrected chi connectivity index (χ2v) is 10.8. The van der Waals surface area contributed by atoms with Crippen molar-refractivity contribution in [1.29, 1.82) is 0 Å². The molecular weight excluding hydrogens is 449 g/mol. The Kier molecular flexibility index (Phi) is 17.8. The summed E-state index contributed by atoms with van der Waals surface area (Å²) in [5.74, 6) is -0.904. The van der Waals surface area contributed by atoms with Crippen molar-refractivity contribution in [2.24, 2.45) is 0 Å². The van der Waals surface area contributed by atoms with Crippen LogP contribution in [-0.4, -0.2) is 74.9 Å². The summed E-state index contributed by atoms with van der Waals surface area (Å²) in [7, 11) is 1.47. The van der Waals surface area contributed by atoms with E-state index >= 15 is 0 Å². The molecule has 0 amide bonds. The molecule has 9 nitrogen and oxygen atoms in total. The second kappa shape index (κ2) is 18.4. The van der Waals surface area contributed by atoms with E-state index in [1.165, 1.54) is 38.5 Å². The van der Waals surface area contributed by atoms with E-state index < -0.39 is 32.5 Å². The van der Waals surface area contributed by atoms with Crippen molar-refractivity contribution in [3.8, 4) is 0 Å². The van der Waals surface area contributed by atoms with Gasteiger partial charge in [0.15, 0.2) is 6.10 Å². The molecule has 0 aromatic carbocycles. The van der Waals surface area contributed by atoms with E-state index in [4.69, 9.17) is 18.5 Å². The molecule has 0 fully saturated rings. The lowest BCUT2D eigenvalue weighted by atomic mass is 10.1. The number of hydrogen-bond acceptors (Lipinski definition) is 7. The molecule has 0 radical (unpaired) electrons. The Morgan fingerprint density at radius 2 is 1.42 bits per heavy atom. The number of unbranched alkanes of at least 4 members (excludes halogenated alkanes) is 8. The minimum atomic E-state index is -4.32. The number of ether oxygens (including phenoxy) is 2. The molecule has 0 aliphatic carbocycles. The van der Waals surface area contributed by atoms with Gasteiger partial charge in [0.05, 0.1) is 27.7 Å². The smallest absolute Gasteiger partial charge is 0.462 e. The van der Waals surface area contributed by atoms with E-state index in [9.17, 15) is 19.0 Å². The largest absolute Gasteiger partial charge is 0.472 e. The molecule has 0 aromatic rings. The van der Waals surface area contributed by atoms with Gasteiger partial charge in [-0.2, -0.15) is 0 Å². The Balaban J connectivity index is 4.36. The first-order valence-electron chi connectivity index (χ1n) is 12.3. The van der Waals surface area contributed by atoms with Gasteiger partial charge in [-0.05, 0) is 6.42 Å². The van der Waals surface area contributed by atoms with Crippen LogP contribution in [0.4, 0.5) is 0 Å². The summed E-state index contributed by atoms with van der Waals surface area (Å²) >= 11 is 0. The summed E-state index contributed by atoms with van der Waals surface area (Å²) in [5.41, 5.74) is 0. The van der Waals surface area contributed by atoms with Crippen LogP contribution in [0.1, 0.15) is 84.5 Å². The van der Waals surface area contributed by atoms with Crippen LogP contribution < -0.4 is 0 Å². The number of phosphoric ester groups is 1. The maximum absolute atomic E-state index is 12.2. The number of carbonyl (C=O) groups is 2. The lowest BCUT2D eigenvalue weighted by molar-refractivity contribution is -0.870. The van der Waals surface area contributed by atoms with Gasteiger partial charge >= 0.3 is 19.8 Å². The molecular formula is C23H47NO8P+. The zero-order valence-electron chi connectivity index (χ0n) is 21.4. The lowest BCUT2D eigenvalue weighted by Gasteiger charge is -2.24.